The standard InChI is InChI=1S/C22H25BrN4O5S/c1-2-3-8-32-18-7-6-15(23)11-17(18)21(30)24-22(33)26-25-20(29)14-10-19(28)27(12-14)13-16-5-4-9-31-16/h4-7,9,11,14H,2-3,8,10,12-13H2,1H3,(H,25,29)(H2,24,26,30,33). The lowest BCUT2D eigenvalue weighted by Crippen LogP contribution is -2.50. The molecule has 1 aliphatic rings. The molecule has 11 heteroatoms. The Hall–Kier alpha value is -2.92. The predicted molar refractivity (Wildman–Crippen MR) is 128 cm³/mol. The van der Waals surface area contributed by atoms with Gasteiger partial charge < -0.3 is 14.1 Å². The number of likely N-dealkylation sites (tertiary alicyclic amines) is 1. The molecule has 1 unspecified atom stereocenters. The van der Waals surface area contributed by atoms with E-state index >= 15 is 0 Å². The summed E-state index contributed by atoms with van der Waals surface area (Å²) in [5, 5.41) is 2.44. The topological polar surface area (TPSA) is 113 Å². The highest BCUT2D eigenvalue weighted by Gasteiger charge is 2.34. The van der Waals surface area contributed by atoms with Gasteiger partial charge in [-0.1, -0.05) is 29.3 Å². The highest BCUT2D eigenvalue weighted by atomic mass is 79.9. The molecule has 9 nitrogen and oxygen atoms in total. The number of nitrogens with zero attached hydrogens (tertiary/aromatic N) is 1. The van der Waals surface area contributed by atoms with E-state index in [1.807, 2.05) is 0 Å². The number of thiocarbonyl (C=S) groups is 1. The van der Waals surface area contributed by atoms with Gasteiger partial charge in [-0.2, -0.15) is 0 Å². The Morgan fingerprint density at radius 3 is 2.85 bits per heavy atom. The second-order valence-electron chi connectivity index (χ2n) is 7.49. The number of nitrogens with one attached hydrogen (secondary N) is 3. The fraction of sp³-hybridized carbons (Fsp3) is 0.364. The van der Waals surface area contributed by atoms with Gasteiger partial charge in [-0.05, 0) is 49.0 Å². The first kappa shape index (κ1) is 24.7. The highest BCUT2D eigenvalue weighted by molar-refractivity contribution is 9.10. The van der Waals surface area contributed by atoms with Gasteiger partial charge in [0.15, 0.2) is 5.11 Å². The van der Waals surface area contributed by atoms with Crippen molar-refractivity contribution in [2.24, 2.45) is 5.92 Å². The van der Waals surface area contributed by atoms with E-state index in [1.54, 1.807) is 35.2 Å². The summed E-state index contributed by atoms with van der Waals surface area (Å²) in [6, 6.07) is 8.64. The van der Waals surface area contributed by atoms with Crippen LogP contribution in [0.2, 0.25) is 0 Å². The van der Waals surface area contributed by atoms with Gasteiger partial charge in [0.1, 0.15) is 11.5 Å². The van der Waals surface area contributed by atoms with Crippen LogP contribution in [0.1, 0.15) is 42.3 Å². The molecular formula is C22H25BrN4O5S. The summed E-state index contributed by atoms with van der Waals surface area (Å²) in [6.07, 6.45) is 3.46. The molecular weight excluding hydrogens is 512 g/mol. The van der Waals surface area contributed by atoms with Gasteiger partial charge in [0, 0.05) is 17.4 Å². The molecule has 0 aliphatic carbocycles. The average molecular weight is 537 g/mol. The van der Waals surface area contributed by atoms with Gasteiger partial charge in [0.25, 0.3) is 5.91 Å². The first-order valence-electron chi connectivity index (χ1n) is 10.5. The van der Waals surface area contributed by atoms with Crippen LogP contribution < -0.4 is 20.9 Å². The molecule has 0 saturated carbocycles. The summed E-state index contributed by atoms with van der Waals surface area (Å²) in [5.41, 5.74) is 5.29. The van der Waals surface area contributed by atoms with E-state index in [0.29, 0.717) is 34.7 Å². The van der Waals surface area contributed by atoms with Crippen molar-refractivity contribution in [1.29, 1.82) is 0 Å². The van der Waals surface area contributed by atoms with Crippen LogP contribution in [0, 0.1) is 5.92 Å². The Bertz CT molecular complexity index is 1010. The van der Waals surface area contributed by atoms with Crippen LogP contribution in [-0.2, 0) is 16.1 Å². The number of unbranched alkanes of at least 4 members (excludes halogenated alkanes) is 1. The maximum absolute atomic E-state index is 12.7. The summed E-state index contributed by atoms with van der Waals surface area (Å²) < 4.78 is 11.7. The highest BCUT2D eigenvalue weighted by Crippen LogP contribution is 2.24. The zero-order valence-electron chi connectivity index (χ0n) is 18.1. The Morgan fingerprint density at radius 1 is 1.30 bits per heavy atom. The number of hydrogen-bond acceptors (Lipinski definition) is 6. The van der Waals surface area contributed by atoms with Crippen LogP contribution in [0.3, 0.4) is 0 Å². The monoisotopic (exact) mass is 536 g/mol. The van der Waals surface area contributed by atoms with E-state index < -0.39 is 17.7 Å². The molecule has 1 atom stereocenters. The predicted octanol–water partition coefficient (Wildman–Crippen LogP) is 2.91. The first-order chi connectivity index (χ1) is 15.9. The summed E-state index contributed by atoms with van der Waals surface area (Å²) in [6.45, 7) is 3.12. The summed E-state index contributed by atoms with van der Waals surface area (Å²) >= 11 is 8.48. The number of carbonyl (C=O) groups excluding carboxylic acids is 3. The van der Waals surface area contributed by atoms with Gasteiger partial charge in [-0.3, -0.25) is 30.6 Å². The van der Waals surface area contributed by atoms with Crippen molar-refractivity contribution in [3.05, 3.63) is 52.4 Å². The molecule has 1 aliphatic heterocycles. The van der Waals surface area contributed by atoms with Gasteiger partial charge in [-0.15, -0.1) is 0 Å². The van der Waals surface area contributed by atoms with Crippen molar-refractivity contribution < 1.29 is 23.5 Å². The fourth-order valence-electron chi connectivity index (χ4n) is 3.25. The third-order valence-electron chi connectivity index (χ3n) is 4.98. The maximum atomic E-state index is 12.7. The number of benzene rings is 1. The molecule has 3 N–H and O–H groups in total. The molecule has 0 bridgehead atoms. The quantitative estimate of drug-likeness (QED) is 0.270. The largest absolute Gasteiger partial charge is 0.493 e. The number of hydrogen-bond donors (Lipinski definition) is 3. The van der Waals surface area contributed by atoms with E-state index in [1.165, 1.54) is 6.26 Å². The lowest BCUT2D eigenvalue weighted by Gasteiger charge is -2.16. The number of halogens is 1. The number of amides is 3. The number of rotatable bonds is 8. The van der Waals surface area contributed by atoms with E-state index in [0.717, 1.165) is 12.8 Å². The minimum Gasteiger partial charge on any atom is -0.493 e. The van der Waals surface area contributed by atoms with Crippen LogP contribution in [-0.4, -0.2) is 40.9 Å². The van der Waals surface area contributed by atoms with E-state index in [2.05, 4.69) is 39.0 Å². The fourth-order valence-corrected chi connectivity index (χ4v) is 3.75. The second-order valence-corrected chi connectivity index (χ2v) is 8.82. The minimum atomic E-state index is -0.540. The molecule has 2 heterocycles. The maximum Gasteiger partial charge on any atom is 0.261 e. The van der Waals surface area contributed by atoms with Crippen molar-refractivity contribution in [2.45, 2.75) is 32.7 Å². The summed E-state index contributed by atoms with van der Waals surface area (Å²) in [4.78, 5) is 38.9. The summed E-state index contributed by atoms with van der Waals surface area (Å²) in [5.74, 6) is -0.452. The summed E-state index contributed by atoms with van der Waals surface area (Å²) in [7, 11) is 0. The smallest absolute Gasteiger partial charge is 0.261 e. The lowest BCUT2D eigenvalue weighted by molar-refractivity contribution is -0.129. The van der Waals surface area contributed by atoms with Gasteiger partial charge in [0.2, 0.25) is 11.8 Å². The van der Waals surface area contributed by atoms with Crippen molar-refractivity contribution in [3.63, 3.8) is 0 Å². The van der Waals surface area contributed by atoms with Crippen molar-refractivity contribution in [3.8, 4) is 5.75 Å². The van der Waals surface area contributed by atoms with Gasteiger partial charge >= 0.3 is 0 Å². The molecule has 1 saturated heterocycles. The number of hydrazine groups is 1. The number of ether oxygens (including phenoxy) is 1. The Balaban J connectivity index is 1.49. The molecule has 176 valence electrons. The molecule has 1 aromatic heterocycles. The third kappa shape index (κ3) is 7.03. The second kappa shape index (κ2) is 11.8. The molecule has 0 spiro atoms. The zero-order chi connectivity index (χ0) is 23.8. The molecule has 3 amide bonds. The Labute approximate surface area is 205 Å². The molecule has 2 aromatic rings. The first-order valence-corrected chi connectivity index (χ1v) is 11.7. The van der Waals surface area contributed by atoms with Crippen LogP contribution in [0.15, 0.2) is 45.5 Å². The van der Waals surface area contributed by atoms with Crippen molar-refractivity contribution in [1.82, 2.24) is 21.1 Å². The normalized spacial score (nSPS) is 15.3. The lowest BCUT2D eigenvalue weighted by atomic mass is 10.1. The molecule has 1 aromatic carbocycles. The Kier molecular flexibility index (Phi) is 8.84. The number of furan rings is 1. The van der Waals surface area contributed by atoms with E-state index in [-0.39, 0.29) is 24.0 Å². The van der Waals surface area contributed by atoms with Crippen molar-refractivity contribution in [2.75, 3.05) is 13.2 Å². The number of carbonyl (C=O) groups is 3. The molecule has 33 heavy (non-hydrogen) atoms. The van der Waals surface area contributed by atoms with Crippen LogP contribution >= 0.6 is 28.1 Å². The van der Waals surface area contributed by atoms with Gasteiger partial charge in [-0.25, -0.2) is 0 Å². The zero-order valence-corrected chi connectivity index (χ0v) is 20.5. The van der Waals surface area contributed by atoms with Crippen molar-refractivity contribution >= 4 is 51.0 Å². The molecule has 0 radical (unpaired) electrons. The Morgan fingerprint density at radius 2 is 2.12 bits per heavy atom. The van der Waals surface area contributed by atoms with Crippen LogP contribution in [0.25, 0.3) is 0 Å². The van der Waals surface area contributed by atoms with Gasteiger partial charge in [0.05, 0.1) is 30.9 Å². The third-order valence-corrected chi connectivity index (χ3v) is 5.68. The van der Waals surface area contributed by atoms with E-state index in [4.69, 9.17) is 21.4 Å². The minimum absolute atomic E-state index is 0.0791. The van der Waals surface area contributed by atoms with Crippen LogP contribution in [0.5, 0.6) is 5.75 Å². The van der Waals surface area contributed by atoms with Crippen LogP contribution in [0.4, 0.5) is 0 Å². The SMILES string of the molecule is CCCCOc1ccc(Br)cc1C(=O)NC(=S)NNC(=O)C1CC(=O)N(Cc2ccco2)C1. The molecule has 3 rings (SSSR count). The molecule has 1 fully saturated rings. The average Bonchev–Trinajstić information content (AvgIpc) is 3.43. The van der Waals surface area contributed by atoms with E-state index in [9.17, 15) is 14.4 Å².